The highest BCUT2D eigenvalue weighted by molar-refractivity contribution is 5.79. The summed E-state index contributed by atoms with van der Waals surface area (Å²) in [5.41, 5.74) is 1.74. The molecule has 1 aromatic carbocycles. The SMILES string of the molecule is CC(C)(C)/[N+]([O-])=C\c1cnc2ccccc2n1. The Morgan fingerprint density at radius 2 is 1.82 bits per heavy atom. The molecule has 0 saturated carbocycles. The van der Waals surface area contributed by atoms with Crippen LogP contribution in [-0.2, 0) is 0 Å². The molecule has 2 aromatic rings. The molecular weight excluding hydrogens is 214 g/mol. The van der Waals surface area contributed by atoms with Crippen molar-refractivity contribution in [1.82, 2.24) is 9.97 Å². The highest BCUT2D eigenvalue weighted by atomic mass is 16.5. The van der Waals surface area contributed by atoms with Crippen LogP contribution in [0, 0.1) is 5.21 Å². The molecule has 0 unspecified atom stereocenters. The lowest BCUT2D eigenvalue weighted by Gasteiger charge is -2.18. The number of hydroxylamine groups is 1. The highest BCUT2D eigenvalue weighted by Crippen LogP contribution is 2.09. The standard InChI is InChI=1S/C13H15N3O/c1-13(2,3)16(17)9-10-8-14-11-6-4-5-7-12(11)15-10/h4-9H,1-3H3/b16-9+. The summed E-state index contributed by atoms with van der Waals surface area (Å²) in [5, 5.41) is 11.8. The third-order valence-corrected chi connectivity index (χ3v) is 2.38. The second-order valence-corrected chi connectivity index (χ2v) is 4.91. The molecule has 0 N–H and O–H groups in total. The Labute approximate surface area is 100 Å². The molecule has 88 valence electrons. The summed E-state index contributed by atoms with van der Waals surface area (Å²) in [6.45, 7) is 5.56. The molecule has 17 heavy (non-hydrogen) atoms. The van der Waals surface area contributed by atoms with Gasteiger partial charge in [-0.25, -0.2) is 9.72 Å². The van der Waals surface area contributed by atoms with Gasteiger partial charge in [-0.15, -0.1) is 0 Å². The fourth-order valence-electron chi connectivity index (χ4n) is 1.35. The second-order valence-electron chi connectivity index (χ2n) is 4.91. The van der Waals surface area contributed by atoms with E-state index in [9.17, 15) is 5.21 Å². The van der Waals surface area contributed by atoms with Crippen LogP contribution in [0.1, 0.15) is 26.5 Å². The molecule has 1 aromatic heterocycles. The average molecular weight is 229 g/mol. The number of hydrogen-bond acceptors (Lipinski definition) is 3. The van der Waals surface area contributed by atoms with Crippen LogP contribution < -0.4 is 0 Å². The van der Waals surface area contributed by atoms with Crippen molar-refractivity contribution < 1.29 is 4.74 Å². The zero-order valence-electron chi connectivity index (χ0n) is 10.2. The van der Waals surface area contributed by atoms with Gasteiger partial charge in [-0.3, -0.25) is 4.98 Å². The summed E-state index contributed by atoms with van der Waals surface area (Å²) in [6, 6.07) is 7.59. The van der Waals surface area contributed by atoms with Crippen molar-refractivity contribution >= 4 is 17.2 Å². The Hall–Kier alpha value is -1.97. The topological polar surface area (TPSA) is 51.9 Å². The van der Waals surface area contributed by atoms with E-state index in [0.29, 0.717) is 5.69 Å². The highest BCUT2D eigenvalue weighted by Gasteiger charge is 2.18. The summed E-state index contributed by atoms with van der Waals surface area (Å²) >= 11 is 0. The van der Waals surface area contributed by atoms with Crippen molar-refractivity contribution in [2.24, 2.45) is 0 Å². The molecular formula is C13H15N3O. The zero-order valence-corrected chi connectivity index (χ0v) is 10.2. The monoisotopic (exact) mass is 229 g/mol. The first kappa shape index (κ1) is 11.5. The number of aromatic nitrogens is 2. The molecule has 0 aliphatic heterocycles. The molecule has 4 heteroatoms. The Morgan fingerprint density at radius 1 is 1.18 bits per heavy atom. The van der Waals surface area contributed by atoms with E-state index in [1.54, 1.807) is 6.20 Å². The number of para-hydroxylation sites is 2. The fraction of sp³-hybridized carbons (Fsp3) is 0.308. The quantitative estimate of drug-likeness (QED) is 0.326. The van der Waals surface area contributed by atoms with Crippen molar-refractivity contribution in [1.29, 1.82) is 0 Å². The largest absolute Gasteiger partial charge is 0.623 e. The van der Waals surface area contributed by atoms with E-state index in [1.165, 1.54) is 6.21 Å². The molecule has 4 nitrogen and oxygen atoms in total. The Kier molecular flexibility index (Phi) is 2.79. The smallest absolute Gasteiger partial charge is 0.202 e. The van der Waals surface area contributed by atoms with Crippen molar-refractivity contribution in [3.05, 3.63) is 41.4 Å². The summed E-state index contributed by atoms with van der Waals surface area (Å²) in [5.74, 6) is 0. The Bertz CT molecular complexity index is 570. The minimum absolute atomic E-state index is 0.465. The third-order valence-electron chi connectivity index (χ3n) is 2.38. The Balaban J connectivity index is 2.44. The van der Waals surface area contributed by atoms with E-state index in [2.05, 4.69) is 9.97 Å². The summed E-state index contributed by atoms with van der Waals surface area (Å²) in [4.78, 5) is 8.63. The number of hydrogen-bond donors (Lipinski definition) is 0. The zero-order chi connectivity index (χ0) is 12.5. The van der Waals surface area contributed by atoms with E-state index in [-0.39, 0.29) is 0 Å². The van der Waals surface area contributed by atoms with Crippen LogP contribution in [0.25, 0.3) is 11.0 Å². The predicted octanol–water partition coefficient (Wildman–Crippen LogP) is 2.36. The lowest BCUT2D eigenvalue weighted by Crippen LogP contribution is -2.29. The maximum atomic E-state index is 11.8. The van der Waals surface area contributed by atoms with E-state index < -0.39 is 5.54 Å². The molecule has 0 radical (unpaired) electrons. The fourth-order valence-corrected chi connectivity index (χ4v) is 1.35. The second kappa shape index (κ2) is 4.13. The van der Waals surface area contributed by atoms with Gasteiger partial charge in [0.2, 0.25) is 6.21 Å². The normalized spacial score (nSPS) is 13.0. The van der Waals surface area contributed by atoms with Gasteiger partial charge in [0.25, 0.3) is 0 Å². The van der Waals surface area contributed by atoms with Gasteiger partial charge >= 0.3 is 0 Å². The van der Waals surface area contributed by atoms with Crippen LogP contribution in [0.4, 0.5) is 0 Å². The van der Waals surface area contributed by atoms with E-state index in [0.717, 1.165) is 15.8 Å². The van der Waals surface area contributed by atoms with Crippen LogP contribution in [0.15, 0.2) is 30.5 Å². The summed E-state index contributed by atoms with van der Waals surface area (Å²) in [7, 11) is 0. The molecule has 2 rings (SSSR count). The van der Waals surface area contributed by atoms with Gasteiger partial charge in [0.15, 0.2) is 5.54 Å². The number of rotatable bonds is 1. The van der Waals surface area contributed by atoms with Crippen LogP contribution in [-0.4, -0.2) is 26.5 Å². The van der Waals surface area contributed by atoms with Crippen LogP contribution in [0.2, 0.25) is 0 Å². The molecule has 0 fully saturated rings. The summed E-state index contributed by atoms with van der Waals surface area (Å²) in [6.07, 6.45) is 3.08. The van der Waals surface area contributed by atoms with Crippen LogP contribution in [0.5, 0.6) is 0 Å². The first-order chi connectivity index (χ1) is 7.97. The molecule has 0 aliphatic rings. The van der Waals surface area contributed by atoms with E-state index in [1.807, 2.05) is 45.0 Å². The summed E-state index contributed by atoms with van der Waals surface area (Å²) < 4.78 is 0.895. The lowest BCUT2D eigenvalue weighted by atomic mass is 10.1. The number of fused-ring (bicyclic) bond motifs is 1. The van der Waals surface area contributed by atoms with Crippen LogP contribution in [0.3, 0.4) is 0 Å². The molecule has 0 atom stereocenters. The van der Waals surface area contributed by atoms with Gasteiger partial charge in [-0.2, -0.15) is 0 Å². The van der Waals surface area contributed by atoms with E-state index >= 15 is 0 Å². The molecule has 0 bridgehead atoms. The predicted molar refractivity (Wildman–Crippen MR) is 68.1 cm³/mol. The van der Waals surface area contributed by atoms with Crippen molar-refractivity contribution in [2.75, 3.05) is 0 Å². The minimum Gasteiger partial charge on any atom is -0.623 e. The Morgan fingerprint density at radius 3 is 2.47 bits per heavy atom. The van der Waals surface area contributed by atoms with Gasteiger partial charge in [0.1, 0.15) is 5.69 Å². The minimum atomic E-state index is -0.465. The van der Waals surface area contributed by atoms with Gasteiger partial charge in [-0.1, -0.05) is 12.1 Å². The van der Waals surface area contributed by atoms with Crippen molar-refractivity contribution in [3.63, 3.8) is 0 Å². The van der Waals surface area contributed by atoms with E-state index in [4.69, 9.17) is 0 Å². The van der Waals surface area contributed by atoms with Gasteiger partial charge < -0.3 is 5.21 Å². The molecule has 0 amide bonds. The van der Waals surface area contributed by atoms with Gasteiger partial charge in [0.05, 0.1) is 17.2 Å². The lowest BCUT2D eigenvalue weighted by molar-refractivity contribution is -0.530. The molecule has 0 saturated heterocycles. The first-order valence-electron chi connectivity index (χ1n) is 5.50. The first-order valence-corrected chi connectivity index (χ1v) is 5.50. The van der Waals surface area contributed by atoms with Crippen molar-refractivity contribution in [2.45, 2.75) is 26.3 Å². The molecule has 1 heterocycles. The van der Waals surface area contributed by atoms with Gasteiger partial charge in [-0.05, 0) is 12.1 Å². The number of benzene rings is 1. The maximum Gasteiger partial charge on any atom is 0.202 e. The third kappa shape index (κ3) is 2.58. The number of nitrogens with zero attached hydrogens (tertiary/aromatic N) is 3. The van der Waals surface area contributed by atoms with Crippen LogP contribution >= 0.6 is 0 Å². The van der Waals surface area contributed by atoms with Gasteiger partial charge in [0, 0.05) is 20.8 Å². The van der Waals surface area contributed by atoms with Crippen molar-refractivity contribution in [3.8, 4) is 0 Å². The maximum absolute atomic E-state index is 11.8. The molecule has 0 spiro atoms. The average Bonchev–Trinajstić information content (AvgIpc) is 2.27. The molecule has 0 aliphatic carbocycles.